The third kappa shape index (κ3) is 4.82. The van der Waals surface area contributed by atoms with Gasteiger partial charge in [0.25, 0.3) is 0 Å². The normalized spacial score (nSPS) is 10.7. The number of rotatable bonds is 7. The minimum absolute atomic E-state index is 0.803. The average Bonchev–Trinajstić information content (AvgIpc) is 2.29. The molecule has 0 saturated carbocycles. The van der Waals surface area contributed by atoms with Gasteiger partial charge < -0.3 is 0 Å². The Balaban J connectivity index is 2.52. The zero-order valence-electron chi connectivity index (χ0n) is 9.95. The van der Waals surface area contributed by atoms with Gasteiger partial charge in [-0.1, -0.05) is 36.7 Å². The number of halogens is 1. The van der Waals surface area contributed by atoms with Crippen molar-refractivity contribution < 1.29 is 0 Å². The van der Waals surface area contributed by atoms with E-state index in [0.717, 1.165) is 31.1 Å². The van der Waals surface area contributed by atoms with Crippen molar-refractivity contribution in [3.63, 3.8) is 0 Å². The second-order valence-corrected chi connectivity index (χ2v) is 4.42. The summed E-state index contributed by atoms with van der Waals surface area (Å²) in [4.78, 5) is 2.45. The summed E-state index contributed by atoms with van der Waals surface area (Å²) in [5.74, 6) is 0. The summed E-state index contributed by atoms with van der Waals surface area (Å²) in [5, 5.41) is 0.803. The molecule has 1 nitrogen and oxygen atoms in total. The number of nitrogens with zero attached hydrogens (tertiary/aromatic N) is 1. The van der Waals surface area contributed by atoms with E-state index in [1.807, 2.05) is 18.2 Å². The topological polar surface area (TPSA) is 3.24 Å². The van der Waals surface area contributed by atoms with Gasteiger partial charge in [0.1, 0.15) is 0 Å². The predicted molar refractivity (Wildman–Crippen MR) is 71.8 cm³/mol. The van der Waals surface area contributed by atoms with Gasteiger partial charge in [0.15, 0.2) is 0 Å². The molecule has 2 heteroatoms. The van der Waals surface area contributed by atoms with Crippen LogP contribution in [0.2, 0.25) is 5.02 Å². The van der Waals surface area contributed by atoms with Gasteiger partial charge in [-0.3, -0.25) is 4.90 Å². The van der Waals surface area contributed by atoms with Crippen molar-refractivity contribution in [3.05, 3.63) is 47.5 Å². The maximum Gasteiger partial charge on any atom is 0.0406 e. The quantitative estimate of drug-likeness (QED) is 0.645. The lowest BCUT2D eigenvalue weighted by atomic mass is 10.2. The lowest BCUT2D eigenvalue weighted by Gasteiger charge is -2.21. The van der Waals surface area contributed by atoms with Crippen molar-refractivity contribution in [2.75, 3.05) is 13.1 Å². The van der Waals surface area contributed by atoms with Crippen LogP contribution in [0.5, 0.6) is 0 Å². The first-order valence-electron chi connectivity index (χ1n) is 5.84. The molecule has 0 aliphatic heterocycles. The van der Waals surface area contributed by atoms with Gasteiger partial charge in [0.05, 0.1) is 0 Å². The molecule has 0 heterocycles. The molecule has 0 N–H and O–H groups in total. The molecule has 1 aromatic rings. The zero-order valence-corrected chi connectivity index (χ0v) is 10.7. The second-order valence-electron chi connectivity index (χ2n) is 3.98. The van der Waals surface area contributed by atoms with Gasteiger partial charge in [0.2, 0.25) is 0 Å². The van der Waals surface area contributed by atoms with Gasteiger partial charge in [-0.2, -0.15) is 0 Å². The van der Waals surface area contributed by atoms with Crippen LogP contribution in [0.1, 0.15) is 25.3 Å². The Bertz CT molecular complexity index is 305. The third-order valence-electron chi connectivity index (χ3n) is 2.51. The SMILES string of the molecule is C=CCCN(CCC)Cc1ccc(Cl)cc1. The number of benzene rings is 1. The molecule has 0 unspecified atom stereocenters. The van der Waals surface area contributed by atoms with E-state index < -0.39 is 0 Å². The fourth-order valence-electron chi connectivity index (χ4n) is 1.71. The summed E-state index contributed by atoms with van der Waals surface area (Å²) in [6.07, 6.45) is 4.21. The van der Waals surface area contributed by atoms with E-state index in [2.05, 4.69) is 30.5 Å². The Morgan fingerprint density at radius 3 is 2.50 bits per heavy atom. The highest BCUT2D eigenvalue weighted by Crippen LogP contribution is 2.12. The highest BCUT2D eigenvalue weighted by Gasteiger charge is 2.03. The molecule has 0 atom stereocenters. The van der Waals surface area contributed by atoms with E-state index in [0.29, 0.717) is 0 Å². The zero-order chi connectivity index (χ0) is 11.8. The summed E-state index contributed by atoms with van der Waals surface area (Å²) in [7, 11) is 0. The predicted octanol–water partition coefficient (Wildman–Crippen LogP) is 4.13. The van der Waals surface area contributed by atoms with Crippen molar-refractivity contribution in [2.24, 2.45) is 0 Å². The molecule has 16 heavy (non-hydrogen) atoms. The Labute approximate surface area is 104 Å². The van der Waals surface area contributed by atoms with Crippen molar-refractivity contribution in [3.8, 4) is 0 Å². The molecule has 0 saturated heterocycles. The summed E-state index contributed by atoms with van der Waals surface area (Å²) in [5.41, 5.74) is 1.32. The Hall–Kier alpha value is -0.790. The summed E-state index contributed by atoms with van der Waals surface area (Å²) < 4.78 is 0. The van der Waals surface area contributed by atoms with Crippen molar-refractivity contribution in [2.45, 2.75) is 26.3 Å². The van der Waals surface area contributed by atoms with Gasteiger partial charge >= 0.3 is 0 Å². The van der Waals surface area contributed by atoms with Crippen LogP contribution in [0.4, 0.5) is 0 Å². The monoisotopic (exact) mass is 237 g/mol. The van der Waals surface area contributed by atoms with E-state index in [-0.39, 0.29) is 0 Å². The first-order valence-corrected chi connectivity index (χ1v) is 6.21. The lowest BCUT2D eigenvalue weighted by Crippen LogP contribution is -2.24. The highest BCUT2D eigenvalue weighted by molar-refractivity contribution is 6.30. The largest absolute Gasteiger partial charge is 0.299 e. The van der Waals surface area contributed by atoms with Gasteiger partial charge in [-0.05, 0) is 37.1 Å². The smallest absolute Gasteiger partial charge is 0.0406 e. The Kier molecular flexibility index (Phi) is 6.20. The number of hydrogen-bond acceptors (Lipinski definition) is 1. The van der Waals surface area contributed by atoms with Gasteiger partial charge in [-0.15, -0.1) is 6.58 Å². The van der Waals surface area contributed by atoms with E-state index in [4.69, 9.17) is 11.6 Å². The van der Waals surface area contributed by atoms with E-state index in [1.165, 1.54) is 12.0 Å². The molecule has 0 radical (unpaired) electrons. The summed E-state index contributed by atoms with van der Waals surface area (Å²) in [6.45, 7) is 9.20. The maximum atomic E-state index is 5.87. The fourth-order valence-corrected chi connectivity index (χ4v) is 1.83. The van der Waals surface area contributed by atoms with Crippen molar-refractivity contribution >= 4 is 11.6 Å². The van der Waals surface area contributed by atoms with E-state index >= 15 is 0 Å². The Morgan fingerprint density at radius 1 is 1.25 bits per heavy atom. The van der Waals surface area contributed by atoms with Crippen LogP contribution in [0.3, 0.4) is 0 Å². The fraction of sp³-hybridized carbons (Fsp3) is 0.429. The molecule has 1 aromatic carbocycles. The number of hydrogen-bond donors (Lipinski definition) is 0. The highest BCUT2D eigenvalue weighted by atomic mass is 35.5. The molecule has 0 amide bonds. The maximum absolute atomic E-state index is 5.87. The van der Waals surface area contributed by atoms with Crippen LogP contribution in [-0.4, -0.2) is 18.0 Å². The van der Waals surface area contributed by atoms with Gasteiger partial charge in [0, 0.05) is 18.1 Å². The minimum atomic E-state index is 0.803. The first kappa shape index (κ1) is 13.3. The van der Waals surface area contributed by atoms with Gasteiger partial charge in [-0.25, -0.2) is 0 Å². The first-order chi connectivity index (χ1) is 7.76. The van der Waals surface area contributed by atoms with Crippen LogP contribution in [0.25, 0.3) is 0 Å². The van der Waals surface area contributed by atoms with Crippen LogP contribution in [0.15, 0.2) is 36.9 Å². The molecule has 0 fully saturated rings. The van der Waals surface area contributed by atoms with E-state index in [9.17, 15) is 0 Å². The van der Waals surface area contributed by atoms with Crippen LogP contribution in [0, 0.1) is 0 Å². The van der Waals surface area contributed by atoms with E-state index in [1.54, 1.807) is 0 Å². The van der Waals surface area contributed by atoms with Crippen molar-refractivity contribution in [1.82, 2.24) is 4.90 Å². The molecule has 0 aliphatic rings. The molecule has 0 aromatic heterocycles. The minimum Gasteiger partial charge on any atom is -0.299 e. The second kappa shape index (κ2) is 7.48. The van der Waals surface area contributed by atoms with Crippen LogP contribution >= 0.6 is 11.6 Å². The molecule has 88 valence electrons. The Morgan fingerprint density at radius 2 is 1.94 bits per heavy atom. The molecule has 0 bridgehead atoms. The van der Waals surface area contributed by atoms with Crippen molar-refractivity contribution in [1.29, 1.82) is 0 Å². The summed E-state index contributed by atoms with van der Waals surface area (Å²) >= 11 is 5.87. The molecular formula is C14H20ClN. The molecule has 1 rings (SSSR count). The molecular weight excluding hydrogens is 218 g/mol. The summed E-state index contributed by atoms with van der Waals surface area (Å²) in [6, 6.07) is 8.10. The molecule has 0 aliphatic carbocycles. The third-order valence-corrected chi connectivity index (χ3v) is 2.76. The molecule has 0 spiro atoms. The lowest BCUT2D eigenvalue weighted by molar-refractivity contribution is 0.271. The van der Waals surface area contributed by atoms with Crippen LogP contribution < -0.4 is 0 Å². The standard InChI is InChI=1S/C14H20ClN/c1-3-5-11-16(10-4-2)12-13-6-8-14(15)9-7-13/h3,6-9H,1,4-5,10-12H2,2H3. The van der Waals surface area contributed by atoms with Crippen LogP contribution in [-0.2, 0) is 6.54 Å². The average molecular weight is 238 g/mol.